The monoisotopic (exact) mass is 669 g/mol. The summed E-state index contributed by atoms with van der Waals surface area (Å²) in [5.74, 6) is 0.657. The first-order valence-electron chi connectivity index (χ1n) is 14.4. The van der Waals surface area contributed by atoms with E-state index in [9.17, 15) is 4.79 Å². The summed E-state index contributed by atoms with van der Waals surface area (Å²) in [5.41, 5.74) is 4.10. The lowest BCUT2D eigenvalue weighted by atomic mass is 10.2. The van der Waals surface area contributed by atoms with Crippen molar-refractivity contribution in [2.45, 2.75) is 77.9 Å². The fourth-order valence-corrected chi connectivity index (χ4v) is 6.66. The lowest BCUT2D eigenvalue weighted by Crippen LogP contribution is -2.27. The third kappa shape index (κ3) is 7.25. The maximum atomic E-state index is 13.2. The summed E-state index contributed by atoms with van der Waals surface area (Å²) in [4.78, 5) is 20.1. The normalized spacial score (nSPS) is 13.7. The Bertz CT molecular complexity index is 1560. The summed E-state index contributed by atoms with van der Waals surface area (Å²) in [6.45, 7) is 17.0. The number of hydrogen-bond donors (Lipinski definition) is 0. The Kier molecular flexibility index (Phi) is 9.14. The van der Waals surface area contributed by atoms with Gasteiger partial charge in [-0.1, -0.05) is 55.2 Å². The average Bonchev–Trinajstić information content (AvgIpc) is 3.59. The van der Waals surface area contributed by atoms with Gasteiger partial charge in [0.2, 0.25) is 0 Å². The molecule has 224 valence electrons. The number of rotatable bonds is 12. The summed E-state index contributed by atoms with van der Waals surface area (Å²) >= 11 is 3.63. The van der Waals surface area contributed by atoms with Crippen molar-refractivity contribution < 1.29 is 14.3 Å². The van der Waals surface area contributed by atoms with Crippen molar-refractivity contribution >= 4 is 48.9 Å². The molecule has 0 bridgehead atoms. The van der Waals surface area contributed by atoms with Crippen molar-refractivity contribution in [3.05, 3.63) is 58.1 Å². The molecule has 13 heteroatoms. The number of hydrogen-bond acceptors (Lipinski definition) is 7. The molecule has 4 aromatic rings. The van der Waals surface area contributed by atoms with Crippen LogP contribution in [0.1, 0.15) is 21.7 Å². The second-order valence-electron chi connectivity index (χ2n) is 13.3. The largest absolute Gasteiger partial charge is 0.361 e. The van der Waals surface area contributed by atoms with Gasteiger partial charge in [-0.3, -0.25) is 4.79 Å². The number of nitrogens with zero attached hydrogens (tertiary/aromatic N) is 7. The molecule has 0 radical (unpaired) electrons. The minimum absolute atomic E-state index is 0.0919. The van der Waals surface area contributed by atoms with Crippen molar-refractivity contribution in [1.82, 2.24) is 34.4 Å². The van der Waals surface area contributed by atoms with E-state index in [-0.39, 0.29) is 5.91 Å². The van der Waals surface area contributed by atoms with Crippen LogP contribution < -0.4 is 0 Å². The van der Waals surface area contributed by atoms with Crippen LogP contribution in [0.15, 0.2) is 41.1 Å². The number of ether oxygens (including phenoxy) is 2. The van der Waals surface area contributed by atoms with Crippen molar-refractivity contribution in [2.24, 2.45) is 0 Å². The Labute approximate surface area is 257 Å². The molecule has 0 unspecified atom stereocenters. The lowest BCUT2D eigenvalue weighted by Gasteiger charge is -2.18. The van der Waals surface area contributed by atoms with Crippen LogP contribution in [0.25, 0.3) is 22.4 Å². The van der Waals surface area contributed by atoms with Gasteiger partial charge >= 0.3 is 0 Å². The highest BCUT2D eigenvalue weighted by atomic mass is 79.9. The molecule has 42 heavy (non-hydrogen) atoms. The molecular weight excluding hydrogens is 630 g/mol. The van der Waals surface area contributed by atoms with E-state index in [0.29, 0.717) is 45.3 Å². The SMILES string of the molecule is C[Si](C)(C)CCOCn1c(-c2nn(COCC[Si](C)(C)C)c3cc(Br)ccc23)nc2c1CN(C(=O)c1ccnnc1)C2. The van der Waals surface area contributed by atoms with Crippen molar-refractivity contribution in [2.75, 3.05) is 13.2 Å². The van der Waals surface area contributed by atoms with Crippen LogP contribution >= 0.6 is 15.9 Å². The zero-order chi connectivity index (χ0) is 30.1. The molecule has 0 saturated heterocycles. The molecule has 4 heterocycles. The molecule has 0 saturated carbocycles. The summed E-state index contributed by atoms with van der Waals surface area (Å²) < 4.78 is 17.3. The van der Waals surface area contributed by atoms with Gasteiger partial charge < -0.3 is 18.9 Å². The van der Waals surface area contributed by atoms with Gasteiger partial charge in [-0.25, -0.2) is 9.67 Å². The van der Waals surface area contributed by atoms with Crippen LogP contribution in [-0.2, 0) is 36.0 Å². The number of amides is 1. The van der Waals surface area contributed by atoms with Gasteiger partial charge in [0.25, 0.3) is 5.91 Å². The van der Waals surface area contributed by atoms with Crippen molar-refractivity contribution in [3.63, 3.8) is 0 Å². The van der Waals surface area contributed by atoms with Crippen LogP contribution in [-0.4, -0.2) is 69.7 Å². The van der Waals surface area contributed by atoms with Gasteiger partial charge in [0, 0.05) is 39.2 Å². The van der Waals surface area contributed by atoms with E-state index in [2.05, 4.69) is 82.1 Å². The van der Waals surface area contributed by atoms with E-state index in [1.807, 2.05) is 10.7 Å². The number of carbonyl (C=O) groups excluding carboxylic acids is 1. The molecule has 0 N–H and O–H groups in total. The molecule has 1 aliphatic heterocycles. The zero-order valence-electron chi connectivity index (χ0n) is 25.4. The van der Waals surface area contributed by atoms with E-state index in [1.165, 1.54) is 12.4 Å². The molecule has 3 aromatic heterocycles. The highest BCUT2D eigenvalue weighted by Gasteiger charge is 2.32. The van der Waals surface area contributed by atoms with Gasteiger partial charge in [0.1, 0.15) is 19.2 Å². The molecule has 1 aliphatic rings. The van der Waals surface area contributed by atoms with Gasteiger partial charge in [-0.05, 0) is 36.4 Å². The first-order valence-corrected chi connectivity index (χ1v) is 22.6. The highest BCUT2D eigenvalue weighted by molar-refractivity contribution is 9.10. The molecular formula is C29H40BrN7O3Si2. The Hall–Kier alpha value is -2.72. The maximum Gasteiger partial charge on any atom is 0.256 e. The van der Waals surface area contributed by atoms with E-state index < -0.39 is 16.1 Å². The molecule has 0 atom stereocenters. The number of fused-ring (bicyclic) bond motifs is 2. The Morgan fingerprint density at radius 1 is 0.952 bits per heavy atom. The number of halogens is 1. The first-order chi connectivity index (χ1) is 19.9. The average molecular weight is 671 g/mol. The van der Waals surface area contributed by atoms with Crippen LogP contribution in [0.5, 0.6) is 0 Å². The second kappa shape index (κ2) is 12.5. The van der Waals surface area contributed by atoms with E-state index in [4.69, 9.17) is 19.6 Å². The predicted molar refractivity (Wildman–Crippen MR) is 172 cm³/mol. The zero-order valence-corrected chi connectivity index (χ0v) is 28.9. The predicted octanol–water partition coefficient (Wildman–Crippen LogP) is 6.23. The molecule has 10 nitrogen and oxygen atoms in total. The van der Waals surface area contributed by atoms with Crippen LogP contribution in [0.4, 0.5) is 0 Å². The third-order valence-corrected chi connectivity index (χ3v) is 11.2. The highest BCUT2D eigenvalue weighted by Crippen LogP contribution is 2.34. The summed E-state index contributed by atoms with van der Waals surface area (Å²) in [5, 5.41) is 13.7. The lowest BCUT2D eigenvalue weighted by molar-refractivity contribution is 0.0722. The fraction of sp³-hybridized carbons (Fsp3) is 0.483. The summed E-state index contributed by atoms with van der Waals surface area (Å²) in [6, 6.07) is 10.0. The molecule has 1 amide bonds. The third-order valence-electron chi connectivity index (χ3n) is 7.31. The van der Waals surface area contributed by atoms with Crippen LogP contribution in [0.3, 0.4) is 0 Å². The molecule has 1 aromatic carbocycles. The Morgan fingerprint density at radius 2 is 1.67 bits per heavy atom. The van der Waals surface area contributed by atoms with Gasteiger partial charge in [-0.15, -0.1) is 0 Å². The van der Waals surface area contributed by atoms with Crippen molar-refractivity contribution in [3.8, 4) is 11.5 Å². The number of imidazole rings is 1. The quantitative estimate of drug-likeness (QED) is 0.130. The van der Waals surface area contributed by atoms with Crippen LogP contribution in [0.2, 0.25) is 51.4 Å². The first kappa shape index (κ1) is 30.7. The Morgan fingerprint density at radius 3 is 2.33 bits per heavy atom. The summed E-state index contributed by atoms with van der Waals surface area (Å²) in [6.07, 6.45) is 3.04. The maximum absolute atomic E-state index is 13.2. The van der Waals surface area contributed by atoms with Gasteiger partial charge in [-0.2, -0.15) is 15.3 Å². The minimum Gasteiger partial charge on any atom is -0.361 e. The van der Waals surface area contributed by atoms with E-state index in [1.54, 1.807) is 11.0 Å². The standard InChI is InChI=1S/C29H40BrN7O3Si2/c1-41(2,3)13-11-39-19-36-26-18-35(29(38)21-9-10-31-32-16-21)17-24(26)33-28(36)27-23-8-7-22(30)15-25(23)37(34-27)20-40-12-14-42(4,5)6/h7-10,15-16H,11-14,17-20H2,1-6H3. The number of carbonyl (C=O) groups is 1. The van der Waals surface area contributed by atoms with E-state index >= 15 is 0 Å². The Balaban J connectivity index is 1.47. The minimum atomic E-state index is -1.25. The topological polar surface area (TPSA) is 100 Å². The van der Waals surface area contributed by atoms with E-state index in [0.717, 1.165) is 50.4 Å². The van der Waals surface area contributed by atoms with Crippen LogP contribution in [0, 0.1) is 0 Å². The summed E-state index contributed by atoms with van der Waals surface area (Å²) in [7, 11) is -2.45. The number of benzene rings is 1. The molecule has 5 rings (SSSR count). The number of aromatic nitrogens is 6. The fourth-order valence-electron chi connectivity index (χ4n) is 4.79. The van der Waals surface area contributed by atoms with Gasteiger partial charge in [0.05, 0.1) is 48.0 Å². The van der Waals surface area contributed by atoms with Gasteiger partial charge in [0.15, 0.2) is 5.82 Å². The molecule has 0 fully saturated rings. The molecule has 0 spiro atoms. The van der Waals surface area contributed by atoms with Crippen molar-refractivity contribution in [1.29, 1.82) is 0 Å². The smallest absolute Gasteiger partial charge is 0.256 e. The molecule has 0 aliphatic carbocycles. The second-order valence-corrected chi connectivity index (χ2v) is 25.4.